The zero-order valence-electron chi connectivity index (χ0n) is 23.9. The smallest absolute Gasteiger partial charge is 0.391 e. The van der Waals surface area contributed by atoms with Crippen LogP contribution in [0.25, 0.3) is 11.2 Å². The molecule has 0 bridgehead atoms. The minimum atomic E-state index is -4.32. The lowest BCUT2D eigenvalue weighted by atomic mass is 9.81. The number of pyridine rings is 1. The Hall–Kier alpha value is -3.33. The highest BCUT2D eigenvalue weighted by Gasteiger charge is 2.48. The number of H-pyrrole nitrogens is 1. The van der Waals surface area contributed by atoms with E-state index < -0.39 is 73.5 Å². The molecule has 5 rings (SSSR count). The number of carbonyl (C=O) groups excluding carboxylic acids is 2. The second-order valence-corrected chi connectivity index (χ2v) is 12.3. The lowest BCUT2D eigenvalue weighted by Crippen LogP contribution is -2.44. The summed E-state index contributed by atoms with van der Waals surface area (Å²) in [5, 5.41) is 5.71. The third-order valence-corrected chi connectivity index (χ3v) is 8.95. The van der Waals surface area contributed by atoms with Gasteiger partial charge in [-0.05, 0) is 48.9 Å². The molecule has 17 heteroatoms. The lowest BCUT2D eigenvalue weighted by Gasteiger charge is -2.33. The predicted molar refractivity (Wildman–Crippen MR) is 153 cm³/mol. The van der Waals surface area contributed by atoms with Gasteiger partial charge in [-0.2, -0.15) is 18.2 Å². The van der Waals surface area contributed by atoms with Crippen LogP contribution >= 0.6 is 23.2 Å². The van der Waals surface area contributed by atoms with E-state index in [1.165, 1.54) is 6.07 Å². The predicted octanol–water partition coefficient (Wildman–Crippen LogP) is 7.01. The Morgan fingerprint density at radius 1 is 1.09 bits per heavy atom. The molecule has 0 aliphatic heterocycles. The number of benzene rings is 1. The van der Waals surface area contributed by atoms with Crippen LogP contribution in [0.15, 0.2) is 18.2 Å². The number of alkyl halides is 7. The van der Waals surface area contributed by atoms with E-state index in [4.69, 9.17) is 27.9 Å². The van der Waals surface area contributed by atoms with Gasteiger partial charge < -0.3 is 20.4 Å². The van der Waals surface area contributed by atoms with Crippen LogP contribution in [0.2, 0.25) is 10.0 Å². The molecule has 46 heavy (non-hydrogen) atoms. The Morgan fingerprint density at radius 2 is 1.78 bits per heavy atom. The molecule has 250 valence electrons. The average Bonchev–Trinajstić information content (AvgIpc) is 3.37. The molecule has 2 aliphatic rings. The first-order valence-electron chi connectivity index (χ1n) is 14.4. The number of hydrogen-bond donors (Lipinski definition) is 3. The van der Waals surface area contributed by atoms with Crippen molar-refractivity contribution in [3.63, 3.8) is 0 Å². The van der Waals surface area contributed by atoms with Crippen LogP contribution in [0.3, 0.4) is 0 Å². The van der Waals surface area contributed by atoms with Crippen molar-refractivity contribution in [2.45, 2.75) is 76.1 Å². The summed E-state index contributed by atoms with van der Waals surface area (Å²) in [4.78, 5) is 36.9. The highest BCUT2D eigenvalue weighted by molar-refractivity contribution is 6.36. The fraction of sp³-hybridized carbons (Fsp3) is 0.517. The average molecular weight is 698 g/mol. The minimum absolute atomic E-state index is 0.0157. The Balaban J connectivity index is 1.32. The van der Waals surface area contributed by atoms with Crippen molar-refractivity contribution in [1.82, 2.24) is 25.6 Å². The van der Waals surface area contributed by atoms with Crippen molar-refractivity contribution in [2.24, 2.45) is 11.8 Å². The number of nitrogens with zero attached hydrogens (tertiary/aromatic N) is 2. The van der Waals surface area contributed by atoms with Gasteiger partial charge in [-0.25, -0.2) is 22.5 Å². The number of aromatic nitrogens is 3. The first-order valence-corrected chi connectivity index (χ1v) is 15.1. The molecular formula is C29H28Cl2F7N5O3. The third-order valence-electron chi connectivity index (χ3n) is 8.13. The summed E-state index contributed by atoms with van der Waals surface area (Å²) < 4.78 is 96.4. The fourth-order valence-electron chi connectivity index (χ4n) is 5.59. The normalized spacial score (nSPS) is 20.0. The van der Waals surface area contributed by atoms with Crippen molar-refractivity contribution in [1.29, 1.82) is 0 Å². The maximum absolute atomic E-state index is 13.2. The number of hydrogen-bond acceptors (Lipinski definition) is 5. The zero-order valence-corrected chi connectivity index (χ0v) is 25.4. The molecule has 2 aromatic heterocycles. The molecule has 0 saturated heterocycles. The van der Waals surface area contributed by atoms with Crippen LogP contribution in [0.5, 0.6) is 5.88 Å². The number of imidazole rings is 1. The van der Waals surface area contributed by atoms with Crippen molar-refractivity contribution in [2.75, 3.05) is 6.61 Å². The Morgan fingerprint density at radius 3 is 2.41 bits per heavy atom. The van der Waals surface area contributed by atoms with Crippen LogP contribution < -0.4 is 15.4 Å². The molecule has 2 amide bonds. The number of rotatable bonds is 10. The van der Waals surface area contributed by atoms with Crippen molar-refractivity contribution < 1.29 is 45.1 Å². The van der Waals surface area contributed by atoms with Gasteiger partial charge in [0.1, 0.15) is 11.4 Å². The molecule has 0 unspecified atom stereocenters. The quantitative estimate of drug-likeness (QED) is 0.198. The Labute approximate surface area is 267 Å². The maximum atomic E-state index is 13.2. The number of amides is 2. The summed E-state index contributed by atoms with van der Waals surface area (Å²) in [7, 11) is 0. The summed E-state index contributed by atoms with van der Waals surface area (Å²) in [5.74, 6) is -6.49. The molecule has 0 radical (unpaired) electrons. The molecule has 3 N–H and O–H groups in total. The first kappa shape index (κ1) is 34.0. The van der Waals surface area contributed by atoms with Crippen LogP contribution in [0, 0.1) is 11.8 Å². The summed E-state index contributed by atoms with van der Waals surface area (Å²) in [6.45, 7) is -1.10. The molecule has 0 spiro atoms. The first-order chi connectivity index (χ1) is 21.6. The van der Waals surface area contributed by atoms with Crippen LogP contribution in [-0.2, 0) is 17.8 Å². The molecule has 2 heterocycles. The SMILES string of the molecule is O=C(NC1CCC(C(F)(F)F)CC1)c1cc2[nH]c(Cc3c(Cl)ccc(CNC(=O)C4CC(F)(F)C4)c3Cl)nc2nc1OCC(F)F. The van der Waals surface area contributed by atoms with Crippen LogP contribution in [-0.4, -0.2) is 57.9 Å². The summed E-state index contributed by atoms with van der Waals surface area (Å²) in [5.41, 5.74) is 0.929. The molecule has 8 nitrogen and oxygen atoms in total. The van der Waals surface area contributed by atoms with Crippen molar-refractivity contribution in [3.05, 3.63) is 50.8 Å². The van der Waals surface area contributed by atoms with E-state index in [-0.39, 0.29) is 71.2 Å². The van der Waals surface area contributed by atoms with E-state index in [0.717, 1.165) is 0 Å². The second-order valence-electron chi connectivity index (χ2n) is 11.5. The maximum Gasteiger partial charge on any atom is 0.391 e. The lowest BCUT2D eigenvalue weighted by molar-refractivity contribution is -0.182. The van der Waals surface area contributed by atoms with Gasteiger partial charge in [0.25, 0.3) is 12.3 Å². The van der Waals surface area contributed by atoms with Crippen molar-refractivity contribution >= 4 is 46.2 Å². The minimum Gasteiger partial charge on any atom is -0.471 e. The second kappa shape index (κ2) is 13.4. The Bertz CT molecular complexity index is 1600. The molecule has 2 saturated carbocycles. The summed E-state index contributed by atoms with van der Waals surface area (Å²) in [6, 6.07) is 3.87. The van der Waals surface area contributed by atoms with Crippen molar-refractivity contribution in [3.8, 4) is 5.88 Å². The van der Waals surface area contributed by atoms with Gasteiger partial charge in [0.15, 0.2) is 12.3 Å². The van der Waals surface area contributed by atoms with E-state index in [1.54, 1.807) is 12.1 Å². The van der Waals surface area contributed by atoms with Gasteiger partial charge in [-0.3, -0.25) is 9.59 Å². The summed E-state index contributed by atoms with van der Waals surface area (Å²) >= 11 is 13.0. The highest BCUT2D eigenvalue weighted by atomic mass is 35.5. The van der Waals surface area contributed by atoms with Crippen LogP contribution in [0.1, 0.15) is 65.8 Å². The van der Waals surface area contributed by atoms with Gasteiger partial charge in [-0.15, -0.1) is 0 Å². The van der Waals surface area contributed by atoms with E-state index in [9.17, 15) is 40.3 Å². The number of carbonyl (C=O) groups is 2. The van der Waals surface area contributed by atoms with E-state index in [0.29, 0.717) is 11.1 Å². The van der Waals surface area contributed by atoms with Gasteiger partial charge in [0.05, 0.1) is 16.5 Å². The number of nitrogens with one attached hydrogen (secondary N) is 3. The monoisotopic (exact) mass is 697 g/mol. The van der Waals surface area contributed by atoms with E-state index in [1.807, 2.05) is 0 Å². The largest absolute Gasteiger partial charge is 0.471 e. The summed E-state index contributed by atoms with van der Waals surface area (Å²) in [6.07, 6.45) is -8.33. The van der Waals surface area contributed by atoms with E-state index in [2.05, 4.69) is 25.6 Å². The molecule has 2 aliphatic carbocycles. The standard InChI is InChI=1S/C29H28Cl2F7N5O3/c30-19-6-1-13(11-39-25(44)14-9-28(34,35)10-14)23(31)17(19)8-22-41-20-7-18(27(43-24(20)42-22)46-12-21(32)33)26(45)40-16-4-2-15(3-5-16)29(36,37)38/h1,6-7,14-16,21H,2-5,8-12H2,(H,39,44)(H,40,45)(H,41,42,43). The number of halogens is 9. The molecule has 1 aromatic carbocycles. The molecule has 3 aromatic rings. The highest BCUT2D eigenvalue weighted by Crippen LogP contribution is 2.42. The zero-order chi connectivity index (χ0) is 33.4. The number of aromatic amines is 1. The van der Waals surface area contributed by atoms with Gasteiger partial charge in [-0.1, -0.05) is 29.3 Å². The third kappa shape index (κ3) is 7.96. The van der Waals surface area contributed by atoms with Gasteiger partial charge in [0.2, 0.25) is 17.7 Å². The van der Waals surface area contributed by atoms with Crippen LogP contribution in [0.4, 0.5) is 30.7 Å². The topological polar surface area (TPSA) is 109 Å². The number of ether oxygens (including phenoxy) is 1. The van der Waals surface area contributed by atoms with E-state index >= 15 is 0 Å². The molecular weight excluding hydrogens is 670 g/mol. The molecule has 2 fully saturated rings. The van der Waals surface area contributed by atoms with Gasteiger partial charge >= 0.3 is 6.18 Å². The Kier molecular flexibility index (Phi) is 9.92. The molecule has 0 atom stereocenters. The van der Waals surface area contributed by atoms with Gasteiger partial charge in [0, 0.05) is 42.8 Å². The number of fused-ring (bicyclic) bond motifs is 1. The fourth-order valence-corrected chi connectivity index (χ4v) is 6.16.